The van der Waals surface area contributed by atoms with Crippen LogP contribution in [0.15, 0.2) is 64.2 Å². The van der Waals surface area contributed by atoms with E-state index in [1.54, 1.807) is 0 Å². The number of nitrogens with one attached hydrogen (secondary N) is 1. The maximum Gasteiger partial charge on any atom is 0.416 e. The predicted molar refractivity (Wildman–Crippen MR) is 97.2 cm³/mol. The van der Waals surface area contributed by atoms with E-state index < -0.39 is 34.7 Å². The van der Waals surface area contributed by atoms with Gasteiger partial charge in [0.2, 0.25) is 0 Å². The van der Waals surface area contributed by atoms with E-state index in [1.165, 1.54) is 13.1 Å². The number of hydrogen-bond acceptors (Lipinski definition) is 3. The van der Waals surface area contributed by atoms with Crippen molar-refractivity contribution in [2.45, 2.75) is 12.4 Å². The van der Waals surface area contributed by atoms with Gasteiger partial charge in [0.15, 0.2) is 0 Å². The summed E-state index contributed by atoms with van der Waals surface area (Å²) in [6, 6.07) is 8.20. The Kier molecular flexibility index (Phi) is 5.23. The Hall–Kier alpha value is -3.50. The lowest BCUT2D eigenvalue weighted by Crippen LogP contribution is -2.38. The molecule has 5 nitrogen and oxygen atoms in total. The fourth-order valence-electron chi connectivity index (χ4n) is 2.86. The third-order valence-electron chi connectivity index (χ3n) is 4.22. The van der Waals surface area contributed by atoms with Gasteiger partial charge in [0, 0.05) is 13.1 Å². The molecule has 0 saturated heterocycles. The molecular formula is C19H13F6N3O2. The quantitative estimate of drug-likeness (QED) is 0.639. The average Bonchev–Trinajstić information content (AvgIpc) is 2.66. The second-order valence-electron chi connectivity index (χ2n) is 6.17. The number of nitrogens with zero attached hydrogens (tertiary/aromatic N) is 2. The summed E-state index contributed by atoms with van der Waals surface area (Å²) in [6.45, 7) is 0. The van der Waals surface area contributed by atoms with Crippen LogP contribution in [0.3, 0.4) is 0 Å². The van der Waals surface area contributed by atoms with Gasteiger partial charge in [0.05, 0.1) is 22.5 Å². The number of hydrogen-bond donors (Lipinski definition) is 1. The maximum absolute atomic E-state index is 13.1. The fourth-order valence-corrected chi connectivity index (χ4v) is 2.86. The van der Waals surface area contributed by atoms with Gasteiger partial charge in [-0.2, -0.15) is 26.3 Å². The van der Waals surface area contributed by atoms with Gasteiger partial charge in [0.1, 0.15) is 5.82 Å². The topological polar surface area (TPSA) is 56.0 Å². The van der Waals surface area contributed by atoms with Crippen molar-refractivity contribution in [1.29, 1.82) is 0 Å². The largest absolute Gasteiger partial charge is 0.416 e. The molecule has 158 valence electrons. The minimum atomic E-state index is -4.72. The highest BCUT2D eigenvalue weighted by Crippen LogP contribution is 2.31. The molecule has 1 heterocycles. The second kappa shape index (κ2) is 7.39. The first-order valence-corrected chi connectivity index (χ1v) is 8.35. The Bertz CT molecular complexity index is 1210. The number of anilines is 1. The molecule has 2 aromatic carbocycles. The van der Waals surface area contributed by atoms with Crippen LogP contribution >= 0.6 is 0 Å². The smallest absolute Gasteiger partial charge is 0.374 e. The molecule has 0 aliphatic rings. The Morgan fingerprint density at radius 1 is 0.733 bits per heavy atom. The van der Waals surface area contributed by atoms with Crippen LogP contribution in [0.25, 0.3) is 11.4 Å². The van der Waals surface area contributed by atoms with E-state index >= 15 is 0 Å². The first-order chi connectivity index (χ1) is 13.9. The second-order valence-corrected chi connectivity index (χ2v) is 6.17. The van der Waals surface area contributed by atoms with E-state index in [4.69, 9.17) is 0 Å². The number of rotatable bonds is 3. The van der Waals surface area contributed by atoms with Crippen molar-refractivity contribution in [3.63, 3.8) is 0 Å². The zero-order chi connectivity index (χ0) is 22.3. The highest BCUT2D eigenvalue weighted by atomic mass is 19.4. The molecular weight excluding hydrogens is 416 g/mol. The van der Waals surface area contributed by atoms with Crippen LogP contribution in [-0.4, -0.2) is 16.2 Å². The molecule has 0 amide bonds. The van der Waals surface area contributed by atoms with Crippen molar-refractivity contribution in [3.05, 3.63) is 86.6 Å². The SMILES string of the molecule is CNc1cc(=O)n(-c2cccc(C(F)(F)F)c2)c(=O)n1-c1cccc(C(F)(F)F)c1. The predicted octanol–water partition coefficient (Wildman–Crippen LogP) is 4.07. The molecule has 0 radical (unpaired) electrons. The minimum absolute atomic E-state index is 0.132. The van der Waals surface area contributed by atoms with Crippen molar-refractivity contribution in [2.24, 2.45) is 0 Å². The van der Waals surface area contributed by atoms with Crippen molar-refractivity contribution in [2.75, 3.05) is 12.4 Å². The average molecular weight is 429 g/mol. The highest BCUT2D eigenvalue weighted by Gasteiger charge is 2.32. The number of alkyl halides is 6. The molecule has 0 fully saturated rings. The molecule has 0 saturated carbocycles. The van der Waals surface area contributed by atoms with Crippen LogP contribution in [0.2, 0.25) is 0 Å². The third kappa shape index (κ3) is 3.95. The van der Waals surface area contributed by atoms with Crippen molar-refractivity contribution < 1.29 is 26.3 Å². The van der Waals surface area contributed by atoms with Gasteiger partial charge in [-0.1, -0.05) is 12.1 Å². The summed E-state index contributed by atoms with van der Waals surface area (Å²) in [5.74, 6) is -0.132. The van der Waals surface area contributed by atoms with Gasteiger partial charge in [-0.3, -0.25) is 4.79 Å². The van der Waals surface area contributed by atoms with E-state index in [0.717, 1.165) is 41.0 Å². The molecule has 0 unspecified atom stereocenters. The van der Waals surface area contributed by atoms with E-state index in [0.29, 0.717) is 16.7 Å². The maximum atomic E-state index is 13.1. The van der Waals surface area contributed by atoms with Gasteiger partial charge >= 0.3 is 18.0 Å². The number of benzene rings is 2. The number of aromatic nitrogens is 2. The molecule has 0 atom stereocenters. The van der Waals surface area contributed by atoms with Gasteiger partial charge < -0.3 is 5.32 Å². The van der Waals surface area contributed by atoms with Gasteiger partial charge in [-0.15, -0.1) is 0 Å². The third-order valence-corrected chi connectivity index (χ3v) is 4.22. The lowest BCUT2D eigenvalue weighted by molar-refractivity contribution is -0.138. The van der Waals surface area contributed by atoms with Crippen molar-refractivity contribution >= 4 is 5.82 Å². The molecule has 1 aromatic heterocycles. The molecule has 0 bridgehead atoms. The van der Waals surface area contributed by atoms with Gasteiger partial charge in [-0.05, 0) is 36.4 Å². The summed E-state index contributed by atoms with van der Waals surface area (Å²) >= 11 is 0. The summed E-state index contributed by atoms with van der Waals surface area (Å²) in [6.07, 6.45) is -9.40. The Morgan fingerprint density at radius 3 is 1.63 bits per heavy atom. The summed E-state index contributed by atoms with van der Waals surface area (Å²) in [4.78, 5) is 25.5. The normalized spacial score (nSPS) is 12.1. The zero-order valence-electron chi connectivity index (χ0n) is 15.2. The van der Waals surface area contributed by atoms with Crippen LogP contribution < -0.4 is 16.6 Å². The monoisotopic (exact) mass is 429 g/mol. The van der Waals surface area contributed by atoms with Crippen molar-refractivity contribution in [1.82, 2.24) is 9.13 Å². The summed E-state index contributed by atoms with van der Waals surface area (Å²) in [5.41, 5.74) is -4.80. The fraction of sp³-hybridized carbons (Fsp3) is 0.158. The van der Waals surface area contributed by atoms with E-state index in [1.807, 2.05) is 0 Å². The number of halogens is 6. The van der Waals surface area contributed by atoms with E-state index in [-0.39, 0.29) is 17.2 Å². The first-order valence-electron chi connectivity index (χ1n) is 8.35. The van der Waals surface area contributed by atoms with E-state index in [9.17, 15) is 35.9 Å². The molecule has 0 aliphatic heterocycles. The van der Waals surface area contributed by atoms with Crippen LogP contribution in [-0.2, 0) is 12.4 Å². The molecule has 1 N–H and O–H groups in total. The Labute approximate surface area is 164 Å². The van der Waals surface area contributed by atoms with Crippen molar-refractivity contribution in [3.8, 4) is 11.4 Å². The first kappa shape index (κ1) is 21.2. The molecule has 0 spiro atoms. The van der Waals surface area contributed by atoms with Crippen LogP contribution in [0.1, 0.15) is 11.1 Å². The summed E-state index contributed by atoms with van der Waals surface area (Å²) < 4.78 is 79.5. The lowest BCUT2D eigenvalue weighted by atomic mass is 10.2. The van der Waals surface area contributed by atoms with Gasteiger partial charge in [-0.25, -0.2) is 13.9 Å². The molecule has 11 heteroatoms. The molecule has 3 aromatic rings. The zero-order valence-corrected chi connectivity index (χ0v) is 15.2. The van der Waals surface area contributed by atoms with E-state index in [2.05, 4.69) is 5.32 Å². The van der Waals surface area contributed by atoms with Crippen LogP contribution in [0.5, 0.6) is 0 Å². The molecule has 0 aliphatic carbocycles. The Balaban J connectivity index is 2.31. The minimum Gasteiger partial charge on any atom is -0.374 e. The molecule has 3 rings (SSSR count). The van der Waals surface area contributed by atoms with Crippen LogP contribution in [0, 0.1) is 0 Å². The standard InChI is InChI=1S/C19H13F6N3O2/c1-26-15-10-16(29)28(14-7-3-5-12(9-14)19(23,24)25)17(30)27(15)13-6-2-4-11(8-13)18(20,21)22/h2-10,26H,1H3. The Morgan fingerprint density at radius 2 is 1.20 bits per heavy atom. The highest BCUT2D eigenvalue weighted by molar-refractivity contribution is 5.48. The summed E-state index contributed by atoms with van der Waals surface area (Å²) in [5, 5.41) is 2.54. The molecule has 30 heavy (non-hydrogen) atoms. The lowest BCUT2D eigenvalue weighted by Gasteiger charge is -2.17. The van der Waals surface area contributed by atoms with Gasteiger partial charge in [0.25, 0.3) is 5.56 Å². The summed E-state index contributed by atoms with van der Waals surface area (Å²) in [7, 11) is 1.34. The van der Waals surface area contributed by atoms with Crippen LogP contribution in [0.4, 0.5) is 32.2 Å².